The van der Waals surface area contributed by atoms with Gasteiger partial charge in [-0.15, -0.1) is 0 Å². The summed E-state index contributed by atoms with van der Waals surface area (Å²) in [5.41, 5.74) is 1.97. The lowest BCUT2D eigenvalue weighted by molar-refractivity contribution is -0.115. The van der Waals surface area contributed by atoms with Crippen LogP contribution in [-0.2, 0) is 4.79 Å². The molecule has 110 valence electrons. The molecule has 1 heterocycles. The summed E-state index contributed by atoms with van der Waals surface area (Å²) >= 11 is 11.7. The minimum atomic E-state index is -0.258. The van der Waals surface area contributed by atoms with Crippen molar-refractivity contribution >= 4 is 46.8 Å². The molecular weight excluding hydrogens is 321 g/mol. The van der Waals surface area contributed by atoms with E-state index >= 15 is 0 Å². The Kier molecular flexibility index (Phi) is 4.13. The maximum atomic E-state index is 11.9. The number of amides is 1. The van der Waals surface area contributed by atoms with Gasteiger partial charge >= 0.3 is 0 Å². The second-order valence-electron chi connectivity index (χ2n) is 4.63. The maximum Gasteiger partial charge on any atom is 0.276 e. The third-order valence-corrected chi connectivity index (χ3v) is 3.48. The zero-order valence-corrected chi connectivity index (χ0v) is 12.8. The summed E-state index contributed by atoms with van der Waals surface area (Å²) in [6.45, 7) is 0. The van der Waals surface area contributed by atoms with Crippen LogP contribution in [0.4, 0.5) is 5.69 Å². The van der Waals surface area contributed by atoms with E-state index < -0.39 is 0 Å². The van der Waals surface area contributed by atoms with Crippen molar-refractivity contribution in [2.45, 2.75) is 0 Å². The fourth-order valence-electron chi connectivity index (χ4n) is 1.91. The van der Waals surface area contributed by atoms with Crippen molar-refractivity contribution in [3.05, 3.63) is 69.8 Å². The number of aliphatic imine (C=N–C) groups is 1. The Morgan fingerprint density at radius 2 is 1.55 bits per heavy atom. The molecule has 0 unspecified atom stereocenters. The molecule has 0 fully saturated rings. The van der Waals surface area contributed by atoms with Crippen molar-refractivity contribution < 1.29 is 4.79 Å². The van der Waals surface area contributed by atoms with E-state index in [9.17, 15) is 4.79 Å². The first-order valence-electron chi connectivity index (χ1n) is 6.50. The van der Waals surface area contributed by atoms with Crippen molar-refractivity contribution in [1.29, 1.82) is 0 Å². The van der Waals surface area contributed by atoms with Gasteiger partial charge in [0.05, 0.1) is 0 Å². The van der Waals surface area contributed by atoms with E-state index in [0.717, 1.165) is 11.3 Å². The average Bonchev–Trinajstić information content (AvgIpc) is 2.84. The molecule has 2 aromatic rings. The van der Waals surface area contributed by atoms with Crippen LogP contribution >= 0.6 is 23.2 Å². The van der Waals surface area contributed by atoms with Crippen LogP contribution in [0, 0.1) is 0 Å². The summed E-state index contributed by atoms with van der Waals surface area (Å²) < 4.78 is 0. The lowest BCUT2D eigenvalue weighted by Crippen LogP contribution is -2.29. The van der Waals surface area contributed by atoms with Crippen LogP contribution in [0.15, 0.2) is 59.2 Å². The summed E-state index contributed by atoms with van der Waals surface area (Å²) in [5, 5.41) is 6.98. The average molecular weight is 332 g/mol. The van der Waals surface area contributed by atoms with E-state index in [1.165, 1.54) is 0 Å². The molecule has 1 amide bonds. The van der Waals surface area contributed by atoms with E-state index in [1.54, 1.807) is 42.5 Å². The number of hydrogen-bond acceptors (Lipinski definition) is 3. The van der Waals surface area contributed by atoms with E-state index in [0.29, 0.717) is 21.7 Å². The van der Waals surface area contributed by atoms with Gasteiger partial charge in [-0.25, -0.2) is 4.99 Å². The van der Waals surface area contributed by atoms with Crippen molar-refractivity contribution in [3.63, 3.8) is 0 Å². The fraction of sp³-hybridized carbons (Fsp3) is 0. The van der Waals surface area contributed by atoms with E-state index in [4.69, 9.17) is 23.2 Å². The fourth-order valence-corrected chi connectivity index (χ4v) is 2.17. The highest BCUT2D eigenvalue weighted by atomic mass is 35.5. The number of carbonyl (C=O) groups is 1. The van der Waals surface area contributed by atoms with Crippen LogP contribution in [0.1, 0.15) is 5.56 Å². The quantitative estimate of drug-likeness (QED) is 0.819. The molecule has 0 aromatic heterocycles. The van der Waals surface area contributed by atoms with Crippen molar-refractivity contribution in [2.24, 2.45) is 4.99 Å². The zero-order chi connectivity index (χ0) is 15.5. The number of anilines is 1. The Morgan fingerprint density at radius 3 is 2.18 bits per heavy atom. The van der Waals surface area contributed by atoms with Gasteiger partial charge in [0.25, 0.3) is 5.91 Å². The number of halogens is 2. The molecule has 22 heavy (non-hydrogen) atoms. The number of hydrogen-bond donors (Lipinski definition) is 2. The van der Waals surface area contributed by atoms with Gasteiger partial charge in [0.15, 0.2) is 0 Å². The first kappa shape index (κ1) is 14.6. The van der Waals surface area contributed by atoms with Gasteiger partial charge in [-0.1, -0.05) is 35.3 Å². The summed E-state index contributed by atoms with van der Waals surface area (Å²) in [6.07, 6.45) is 1.70. The molecule has 0 bridgehead atoms. The molecule has 0 saturated carbocycles. The SMILES string of the molecule is O=C1NC(Nc2ccc(Cl)cc2)=N/C1=C\c1ccc(Cl)cc1. The zero-order valence-electron chi connectivity index (χ0n) is 11.3. The van der Waals surface area contributed by atoms with E-state index in [1.807, 2.05) is 12.1 Å². The third-order valence-electron chi connectivity index (χ3n) is 2.98. The highest BCUT2D eigenvalue weighted by Gasteiger charge is 2.19. The monoisotopic (exact) mass is 331 g/mol. The second-order valence-corrected chi connectivity index (χ2v) is 5.50. The molecule has 0 spiro atoms. The van der Waals surface area contributed by atoms with Gasteiger partial charge in [0.1, 0.15) is 5.70 Å². The van der Waals surface area contributed by atoms with E-state index in [2.05, 4.69) is 15.6 Å². The van der Waals surface area contributed by atoms with Gasteiger partial charge in [0, 0.05) is 15.7 Å². The van der Waals surface area contributed by atoms with E-state index in [-0.39, 0.29) is 5.91 Å². The van der Waals surface area contributed by atoms with Crippen molar-refractivity contribution in [2.75, 3.05) is 5.32 Å². The molecular formula is C16H11Cl2N3O. The normalized spacial score (nSPS) is 15.6. The summed E-state index contributed by atoms with van der Waals surface area (Å²) in [7, 11) is 0. The molecule has 2 aromatic carbocycles. The number of nitrogens with zero attached hydrogens (tertiary/aromatic N) is 1. The summed E-state index contributed by atoms with van der Waals surface area (Å²) in [4.78, 5) is 16.2. The smallest absolute Gasteiger partial charge is 0.276 e. The summed E-state index contributed by atoms with van der Waals surface area (Å²) in [5.74, 6) is 0.124. The molecule has 0 aliphatic carbocycles. The predicted octanol–water partition coefficient (Wildman–Crippen LogP) is 3.93. The van der Waals surface area contributed by atoms with Crippen LogP contribution in [0.5, 0.6) is 0 Å². The molecule has 3 rings (SSSR count). The Balaban J connectivity index is 1.79. The van der Waals surface area contributed by atoms with Crippen LogP contribution in [0.3, 0.4) is 0 Å². The van der Waals surface area contributed by atoms with Gasteiger partial charge in [-0.2, -0.15) is 0 Å². The number of nitrogens with one attached hydrogen (secondary N) is 2. The Bertz CT molecular complexity index is 765. The third kappa shape index (κ3) is 3.47. The van der Waals surface area contributed by atoms with Crippen molar-refractivity contribution in [1.82, 2.24) is 5.32 Å². The van der Waals surface area contributed by atoms with Gasteiger partial charge in [-0.3, -0.25) is 10.1 Å². The summed E-state index contributed by atoms with van der Waals surface area (Å²) in [6, 6.07) is 14.3. The molecule has 4 nitrogen and oxygen atoms in total. The molecule has 0 saturated heterocycles. The highest BCUT2D eigenvalue weighted by molar-refractivity contribution is 6.31. The van der Waals surface area contributed by atoms with Crippen LogP contribution in [-0.4, -0.2) is 11.9 Å². The largest absolute Gasteiger partial charge is 0.326 e. The standard InChI is InChI=1S/C16H11Cl2N3O/c17-11-3-1-10(2-4-11)9-14-15(22)21-16(20-14)19-13-7-5-12(18)6-8-13/h1-9H,(H2,19,20,21,22)/b14-9-. The van der Waals surface area contributed by atoms with Crippen LogP contribution in [0.2, 0.25) is 10.0 Å². The lowest BCUT2D eigenvalue weighted by Gasteiger charge is -2.04. The number of rotatable bonds is 2. The highest BCUT2D eigenvalue weighted by Crippen LogP contribution is 2.17. The van der Waals surface area contributed by atoms with Crippen LogP contribution in [0.25, 0.3) is 6.08 Å². The molecule has 1 aliphatic heterocycles. The molecule has 6 heteroatoms. The van der Waals surface area contributed by atoms with Crippen LogP contribution < -0.4 is 10.6 Å². The first-order chi connectivity index (χ1) is 10.6. The molecule has 2 N–H and O–H groups in total. The molecule has 0 radical (unpaired) electrons. The molecule has 1 aliphatic rings. The number of benzene rings is 2. The number of guanidine groups is 1. The van der Waals surface area contributed by atoms with Gasteiger partial charge < -0.3 is 5.32 Å². The Hall–Kier alpha value is -2.30. The predicted molar refractivity (Wildman–Crippen MR) is 90.1 cm³/mol. The maximum absolute atomic E-state index is 11.9. The van der Waals surface area contributed by atoms with Crippen molar-refractivity contribution in [3.8, 4) is 0 Å². The number of carbonyl (C=O) groups excluding carboxylic acids is 1. The minimum absolute atomic E-state index is 0.258. The second kappa shape index (κ2) is 6.22. The first-order valence-corrected chi connectivity index (χ1v) is 7.26. The molecule has 0 atom stereocenters. The Labute approximate surface area is 137 Å². The van der Waals surface area contributed by atoms with Gasteiger partial charge in [0.2, 0.25) is 5.96 Å². The lowest BCUT2D eigenvalue weighted by atomic mass is 10.2. The minimum Gasteiger partial charge on any atom is -0.326 e. The Morgan fingerprint density at radius 1 is 0.955 bits per heavy atom. The van der Waals surface area contributed by atoms with Gasteiger partial charge in [-0.05, 0) is 48.0 Å². The topological polar surface area (TPSA) is 53.5 Å².